The van der Waals surface area contributed by atoms with Crippen LogP contribution in [0.3, 0.4) is 0 Å². The van der Waals surface area contributed by atoms with E-state index in [0.29, 0.717) is 23.4 Å². The number of piperidine rings is 1. The van der Waals surface area contributed by atoms with Crippen molar-refractivity contribution in [2.45, 2.75) is 47.9 Å². The highest BCUT2D eigenvalue weighted by Crippen LogP contribution is 2.41. The molecule has 3 heterocycles. The number of aromatic nitrogens is 2. The third-order valence-electron chi connectivity index (χ3n) is 6.43. The van der Waals surface area contributed by atoms with Gasteiger partial charge in [0, 0.05) is 29.0 Å². The molecule has 2 aliphatic heterocycles. The van der Waals surface area contributed by atoms with Crippen molar-refractivity contribution >= 4 is 42.6 Å². The second kappa shape index (κ2) is 7.20. The molecule has 156 valence electrons. The minimum atomic E-state index is -3.40. The number of halogens is 1. The maximum Gasteiger partial charge on any atom is 0.273 e. The first-order chi connectivity index (χ1) is 14.4. The van der Waals surface area contributed by atoms with Crippen LogP contribution in [0, 0.1) is 0 Å². The first-order valence-electron chi connectivity index (χ1n) is 10.1. The fourth-order valence-electron chi connectivity index (χ4n) is 5.06. The molecule has 6 nitrogen and oxygen atoms in total. The van der Waals surface area contributed by atoms with Crippen LogP contribution in [-0.2, 0) is 16.9 Å². The van der Waals surface area contributed by atoms with E-state index in [1.54, 1.807) is 36.0 Å². The SMILES string of the molecule is Cn1nc2cc(Br)ccc2c1C(=O)N1C2CCC1CC(S(=O)(=O)c1ccccc1)C2. The van der Waals surface area contributed by atoms with Gasteiger partial charge in [-0.05, 0) is 56.0 Å². The molecule has 1 amide bonds. The quantitative estimate of drug-likeness (QED) is 0.560. The summed E-state index contributed by atoms with van der Waals surface area (Å²) < 4.78 is 28.9. The lowest BCUT2D eigenvalue weighted by molar-refractivity contribution is 0.0589. The van der Waals surface area contributed by atoms with Crippen molar-refractivity contribution < 1.29 is 13.2 Å². The zero-order valence-electron chi connectivity index (χ0n) is 16.5. The van der Waals surface area contributed by atoms with Gasteiger partial charge < -0.3 is 4.90 Å². The van der Waals surface area contributed by atoms with E-state index >= 15 is 0 Å². The Morgan fingerprint density at radius 1 is 1.07 bits per heavy atom. The molecule has 0 aliphatic carbocycles. The molecule has 2 unspecified atom stereocenters. The van der Waals surface area contributed by atoms with Crippen molar-refractivity contribution in [3.05, 3.63) is 58.7 Å². The summed E-state index contributed by atoms with van der Waals surface area (Å²) in [5.74, 6) is -0.0506. The largest absolute Gasteiger partial charge is 0.331 e. The van der Waals surface area contributed by atoms with Crippen LogP contribution in [0.1, 0.15) is 36.2 Å². The van der Waals surface area contributed by atoms with E-state index in [0.717, 1.165) is 28.2 Å². The smallest absolute Gasteiger partial charge is 0.273 e. The van der Waals surface area contributed by atoms with E-state index in [1.807, 2.05) is 29.2 Å². The fourth-order valence-corrected chi connectivity index (χ4v) is 7.29. The predicted molar refractivity (Wildman–Crippen MR) is 118 cm³/mol. The molecule has 2 aliphatic rings. The topological polar surface area (TPSA) is 72.3 Å². The second-order valence-corrected chi connectivity index (χ2v) is 11.3. The maximum atomic E-state index is 13.6. The number of sulfone groups is 1. The van der Waals surface area contributed by atoms with Gasteiger partial charge in [0.05, 0.1) is 15.7 Å². The summed E-state index contributed by atoms with van der Waals surface area (Å²) in [6.45, 7) is 0. The molecule has 30 heavy (non-hydrogen) atoms. The standard InChI is InChI=1S/C22H22BrN3O3S/c1-25-21(19-10-7-14(23)11-20(19)24-25)22(27)26-15-8-9-16(26)13-18(12-15)30(28,29)17-5-3-2-4-6-17/h2-7,10-11,15-16,18H,8-9,12-13H2,1H3. The summed E-state index contributed by atoms with van der Waals surface area (Å²) in [5.41, 5.74) is 1.34. The monoisotopic (exact) mass is 487 g/mol. The Kier molecular flexibility index (Phi) is 4.74. The summed E-state index contributed by atoms with van der Waals surface area (Å²) in [5, 5.41) is 4.88. The highest BCUT2D eigenvalue weighted by atomic mass is 79.9. The van der Waals surface area contributed by atoms with E-state index < -0.39 is 15.1 Å². The fraction of sp³-hybridized carbons (Fsp3) is 0.364. The molecule has 8 heteroatoms. The molecule has 0 saturated carbocycles. The Morgan fingerprint density at radius 2 is 1.73 bits per heavy atom. The molecule has 0 radical (unpaired) electrons. The Hall–Kier alpha value is -2.19. The summed E-state index contributed by atoms with van der Waals surface area (Å²) in [6, 6.07) is 14.3. The number of benzene rings is 2. The molecule has 2 bridgehead atoms. The third kappa shape index (κ3) is 3.08. The molecule has 2 aromatic carbocycles. The molecular formula is C22H22BrN3O3S. The van der Waals surface area contributed by atoms with Crippen molar-refractivity contribution in [2.24, 2.45) is 7.05 Å². The molecule has 3 aromatic rings. The lowest BCUT2D eigenvalue weighted by atomic mass is 10.0. The van der Waals surface area contributed by atoms with Crippen molar-refractivity contribution in [3.63, 3.8) is 0 Å². The third-order valence-corrected chi connectivity index (χ3v) is 9.12. The summed E-state index contributed by atoms with van der Waals surface area (Å²) in [6.07, 6.45) is 2.67. The summed E-state index contributed by atoms with van der Waals surface area (Å²) in [4.78, 5) is 15.9. The Labute approximate surface area is 183 Å². The predicted octanol–water partition coefficient (Wildman–Crippen LogP) is 3.95. The van der Waals surface area contributed by atoms with Crippen LogP contribution < -0.4 is 0 Å². The zero-order chi connectivity index (χ0) is 21.0. The number of nitrogens with zero attached hydrogens (tertiary/aromatic N) is 3. The van der Waals surface area contributed by atoms with Crippen LogP contribution in [0.5, 0.6) is 0 Å². The zero-order valence-corrected chi connectivity index (χ0v) is 18.9. The lowest BCUT2D eigenvalue weighted by Crippen LogP contribution is -2.50. The van der Waals surface area contributed by atoms with E-state index in [9.17, 15) is 13.2 Å². The number of rotatable bonds is 3. The molecule has 2 fully saturated rings. The minimum absolute atomic E-state index is 0.0506. The number of carbonyl (C=O) groups is 1. The minimum Gasteiger partial charge on any atom is -0.331 e. The van der Waals surface area contributed by atoms with Crippen LogP contribution in [0.4, 0.5) is 0 Å². The van der Waals surface area contributed by atoms with E-state index in [2.05, 4.69) is 21.0 Å². The summed E-state index contributed by atoms with van der Waals surface area (Å²) >= 11 is 3.45. The molecule has 2 saturated heterocycles. The maximum absolute atomic E-state index is 13.6. The van der Waals surface area contributed by atoms with Crippen LogP contribution in [-0.4, -0.2) is 46.3 Å². The van der Waals surface area contributed by atoms with Crippen LogP contribution >= 0.6 is 15.9 Å². The summed E-state index contributed by atoms with van der Waals surface area (Å²) in [7, 11) is -1.61. The molecule has 1 aromatic heterocycles. The average Bonchev–Trinajstić information content (AvgIpc) is 3.19. The molecule has 5 rings (SSSR count). The van der Waals surface area contributed by atoms with Gasteiger partial charge in [-0.1, -0.05) is 34.1 Å². The first-order valence-corrected chi connectivity index (χ1v) is 12.4. The number of fused-ring (bicyclic) bond motifs is 3. The van der Waals surface area contributed by atoms with Crippen molar-refractivity contribution in [2.75, 3.05) is 0 Å². The van der Waals surface area contributed by atoms with E-state index in [4.69, 9.17) is 0 Å². The van der Waals surface area contributed by atoms with Gasteiger partial charge in [-0.2, -0.15) is 5.10 Å². The van der Waals surface area contributed by atoms with Crippen molar-refractivity contribution in [1.82, 2.24) is 14.7 Å². The van der Waals surface area contributed by atoms with Crippen LogP contribution in [0.25, 0.3) is 10.9 Å². The molecule has 0 spiro atoms. The van der Waals surface area contributed by atoms with E-state index in [1.165, 1.54) is 0 Å². The van der Waals surface area contributed by atoms with Gasteiger partial charge in [-0.25, -0.2) is 8.42 Å². The van der Waals surface area contributed by atoms with Gasteiger partial charge >= 0.3 is 0 Å². The normalized spacial score (nSPS) is 23.8. The number of amides is 1. The second-order valence-electron chi connectivity index (χ2n) is 8.18. The lowest BCUT2D eigenvalue weighted by Gasteiger charge is -2.38. The highest BCUT2D eigenvalue weighted by molar-refractivity contribution is 9.10. The number of aryl methyl sites for hydroxylation is 1. The average molecular weight is 488 g/mol. The van der Waals surface area contributed by atoms with Gasteiger partial charge in [0.15, 0.2) is 9.84 Å². The van der Waals surface area contributed by atoms with E-state index in [-0.39, 0.29) is 18.0 Å². The van der Waals surface area contributed by atoms with Crippen molar-refractivity contribution in [1.29, 1.82) is 0 Å². The molecule has 0 N–H and O–H groups in total. The highest BCUT2D eigenvalue weighted by Gasteiger charge is 2.48. The van der Waals surface area contributed by atoms with Gasteiger partial charge in [0.1, 0.15) is 5.69 Å². The van der Waals surface area contributed by atoms with Crippen molar-refractivity contribution in [3.8, 4) is 0 Å². The van der Waals surface area contributed by atoms with Gasteiger partial charge in [0.25, 0.3) is 5.91 Å². The van der Waals surface area contributed by atoms with Crippen LogP contribution in [0.2, 0.25) is 0 Å². The van der Waals surface area contributed by atoms with Gasteiger partial charge in [-0.3, -0.25) is 9.48 Å². The Bertz CT molecular complexity index is 1230. The number of hydrogen-bond acceptors (Lipinski definition) is 4. The molecular weight excluding hydrogens is 466 g/mol. The van der Waals surface area contributed by atoms with Gasteiger partial charge in [0.2, 0.25) is 0 Å². The number of hydrogen-bond donors (Lipinski definition) is 0. The number of carbonyl (C=O) groups excluding carboxylic acids is 1. The Morgan fingerprint density at radius 3 is 2.40 bits per heavy atom. The molecule has 2 atom stereocenters. The Balaban J connectivity index is 1.45. The van der Waals surface area contributed by atoms with Crippen LogP contribution in [0.15, 0.2) is 57.9 Å². The van der Waals surface area contributed by atoms with Gasteiger partial charge in [-0.15, -0.1) is 0 Å². The first kappa shape index (κ1) is 19.8.